The van der Waals surface area contributed by atoms with Gasteiger partial charge in [0.1, 0.15) is 5.04 Å². The first-order chi connectivity index (χ1) is 13.3. The highest BCUT2D eigenvalue weighted by Gasteiger charge is 2.08. The first-order valence-corrected chi connectivity index (χ1v) is 9.41. The largest absolute Gasteiger partial charge is 0.493 e. The van der Waals surface area contributed by atoms with Crippen molar-refractivity contribution in [2.24, 2.45) is 4.99 Å². The summed E-state index contributed by atoms with van der Waals surface area (Å²) in [7, 11) is 1.63. The van der Waals surface area contributed by atoms with Crippen molar-refractivity contribution in [1.29, 1.82) is 0 Å². The molecule has 0 N–H and O–H groups in total. The van der Waals surface area contributed by atoms with E-state index in [1.807, 2.05) is 79.7 Å². The minimum atomic E-state index is 0.670. The Labute approximate surface area is 164 Å². The number of aliphatic imine (C=N–C) groups is 1. The monoisotopic (exact) mass is 375 g/mol. The van der Waals surface area contributed by atoms with Crippen molar-refractivity contribution in [1.82, 2.24) is 0 Å². The highest BCUT2D eigenvalue weighted by atomic mass is 32.2. The number of para-hydroxylation sites is 3. The average molecular weight is 375 g/mol. The van der Waals surface area contributed by atoms with Gasteiger partial charge in [0.25, 0.3) is 0 Å². The van der Waals surface area contributed by atoms with Gasteiger partial charge in [0.15, 0.2) is 11.5 Å². The Balaban J connectivity index is 1.88. The predicted molar refractivity (Wildman–Crippen MR) is 113 cm³/mol. The maximum atomic E-state index is 5.86. The highest BCUT2D eigenvalue weighted by Crippen LogP contribution is 2.29. The summed E-state index contributed by atoms with van der Waals surface area (Å²) in [6.45, 7) is 1.99. The predicted octanol–water partition coefficient (Wildman–Crippen LogP) is 6.50. The van der Waals surface area contributed by atoms with Gasteiger partial charge >= 0.3 is 0 Å². The molecular weight excluding hydrogens is 354 g/mol. The van der Waals surface area contributed by atoms with Crippen molar-refractivity contribution < 1.29 is 9.47 Å². The Bertz CT molecular complexity index is 921. The summed E-state index contributed by atoms with van der Waals surface area (Å²) >= 11 is 1.61. The maximum Gasteiger partial charge on any atom is 0.168 e. The van der Waals surface area contributed by atoms with Crippen LogP contribution in [0.2, 0.25) is 0 Å². The molecule has 0 bridgehead atoms. The molecule has 0 spiro atoms. The van der Waals surface area contributed by atoms with Gasteiger partial charge in [0, 0.05) is 10.5 Å². The van der Waals surface area contributed by atoms with Gasteiger partial charge in [-0.2, -0.15) is 0 Å². The number of benzene rings is 3. The third-order valence-electron chi connectivity index (χ3n) is 3.71. The summed E-state index contributed by atoms with van der Waals surface area (Å²) in [6, 6.07) is 27.7. The SMILES string of the molecule is COc1ccccc1OC=C(C)C(=Nc1ccccc1)Sc1ccccc1. The van der Waals surface area contributed by atoms with Crippen LogP contribution in [0.25, 0.3) is 0 Å². The van der Waals surface area contributed by atoms with Crippen LogP contribution in [-0.2, 0) is 0 Å². The molecule has 0 atom stereocenters. The van der Waals surface area contributed by atoms with Gasteiger partial charge in [-0.25, -0.2) is 4.99 Å². The van der Waals surface area contributed by atoms with Gasteiger partial charge in [0.2, 0.25) is 0 Å². The fourth-order valence-electron chi connectivity index (χ4n) is 2.33. The summed E-state index contributed by atoms with van der Waals surface area (Å²) in [5, 5.41) is 0.877. The van der Waals surface area contributed by atoms with Gasteiger partial charge in [-0.3, -0.25) is 0 Å². The van der Waals surface area contributed by atoms with Gasteiger partial charge in [-0.05, 0) is 43.3 Å². The highest BCUT2D eigenvalue weighted by molar-refractivity contribution is 8.14. The molecule has 0 saturated heterocycles. The Morgan fingerprint density at radius 1 is 0.815 bits per heavy atom. The third kappa shape index (κ3) is 5.50. The lowest BCUT2D eigenvalue weighted by Gasteiger charge is -2.10. The second-order valence-electron chi connectivity index (χ2n) is 5.74. The number of ether oxygens (including phenoxy) is 2. The number of hydrogen-bond donors (Lipinski definition) is 0. The molecule has 3 nitrogen and oxygen atoms in total. The second kappa shape index (κ2) is 9.64. The molecular formula is C23H21NO2S. The first-order valence-electron chi connectivity index (χ1n) is 8.60. The summed E-state index contributed by atoms with van der Waals surface area (Å²) in [5.74, 6) is 1.36. The van der Waals surface area contributed by atoms with Crippen molar-refractivity contribution in [2.75, 3.05) is 7.11 Å². The fourth-order valence-corrected chi connectivity index (χ4v) is 3.21. The molecule has 27 heavy (non-hydrogen) atoms. The maximum absolute atomic E-state index is 5.86. The van der Waals surface area contributed by atoms with Crippen LogP contribution in [0.4, 0.5) is 5.69 Å². The van der Waals surface area contributed by atoms with Gasteiger partial charge in [-0.15, -0.1) is 0 Å². The Morgan fingerprint density at radius 2 is 1.41 bits per heavy atom. The number of rotatable bonds is 6. The van der Waals surface area contributed by atoms with Crippen LogP contribution in [0.15, 0.2) is 107 Å². The van der Waals surface area contributed by atoms with E-state index in [2.05, 4.69) is 12.1 Å². The lowest BCUT2D eigenvalue weighted by molar-refractivity contribution is 0.377. The fraction of sp³-hybridized carbons (Fsp3) is 0.0870. The lowest BCUT2D eigenvalue weighted by atomic mass is 10.3. The van der Waals surface area contributed by atoms with E-state index in [0.29, 0.717) is 11.5 Å². The second-order valence-corrected chi connectivity index (χ2v) is 6.80. The summed E-state index contributed by atoms with van der Waals surface area (Å²) < 4.78 is 11.2. The Kier molecular flexibility index (Phi) is 6.72. The molecule has 0 amide bonds. The molecule has 3 rings (SSSR count). The minimum Gasteiger partial charge on any atom is -0.493 e. The summed E-state index contributed by atoms with van der Waals surface area (Å²) in [4.78, 5) is 5.93. The van der Waals surface area contributed by atoms with E-state index in [1.165, 1.54) is 0 Å². The van der Waals surface area contributed by atoms with Crippen molar-refractivity contribution >= 4 is 22.5 Å². The molecule has 0 fully saturated rings. The van der Waals surface area contributed by atoms with E-state index < -0.39 is 0 Å². The van der Waals surface area contributed by atoms with E-state index in [9.17, 15) is 0 Å². The standard InChI is InChI=1S/C23H21NO2S/c1-18(17-26-22-16-10-9-15-21(22)25-2)23(24-19-11-5-3-6-12-19)27-20-13-7-4-8-14-20/h3-17H,1-2H3. The normalized spacial score (nSPS) is 11.9. The van der Waals surface area contributed by atoms with Crippen LogP contribution >= 0.6 is 11.8 Å². The molecule has 3 aromatic rings. The first kappa shape index (κ1) is 18.8. The number of nitrogens with zero attached hydrogens (tertiary/aromatic N) is 1. The van der Waals surface area contributed by atoms with E-state index in [1.54, 1.807) is 25.1 Å². The zero-order valence-electron chi connectivity index (χ0n) is 15.3. The molecule has 0 aliphatic carbocycles. The number of hydrogen-bond acceptors (Lipinski definition) is 4. The van der Waals surface area contributed by atoms with Crippen LogP contribution in [0, 0.1) is 0 Å². The van der Waals surface area contributed by atoms with E-state index in [-0.39, 0.29) is 0 Å². The molecule has 0 heterocycles. The third-order valence-corrected chi connectivity index (χ3v) is 4.83. The van der Waals surface area contributed by atoms with Crippen LogP contribution < -0.4 is 9.47 Å². The smallest absolute Gasteiger partial charge is 0.168 e. The molecule has 0 saturated carbocycles. The molecule has 136 valence electrons. The van der Waals surface area contributed by atoms with E-state index in [0.717, 1.165) is 21.2 Å². The molecule has 0 aliphatic rings. The van der Waals surface area contributed by atoms with Crippen molar-refractivity contribution in [3.63, 3.8) is 0 Å². The molecule has 0 aromatic heterocycles. The zero-order chi connectivity index (χ0) is 18.9. The molecule has 0 radical (unpaired) electrons. The van der Waals surface area contributed by atoms with Crippen molar-refractivity contribution in [2.45, 2.75) is 11.8 Å². The topological polar surface area (TPSA) is 30.8 Å². The van der Waals surface area contributed by atoms with Crippen molar-refractivity contribution in [3.05, 3.63) is 96.8 Å². The number of methoxy groups -OCH3 is 1. The quantitative estimate of drug-likeness (QED) is 0.213. The molecule has 0 aliphatic heterocycles. The van der Waals surface area contributed by atoms with Gasteiger partial charge in [0.05, 0.1) is 19.1 Å². The Morgan fingerprint density at radius 3 is 2.07 bits per heavy atom. The molecule has 0 unspecified atom stereocenters. The van der Waals surface area contributed by atoms with E-state index in [4.69, 9.17) is 14.5 Å². The molecule has 3 aromatic carbocycles. The lowest BCUT2D eigenvalue weighted by Crippen LogP contribution is -1.98. The van der Waals surface area contributed by atoms with Crippen LogP contribution in [0.3, 0.4) is 0 Å². The average Bonchev–Trinajstić information content (AvgIpc) is 2.73. The van der Waals surface area contributed by atoms with Gasteiger partial charge in [-0.1, -0.05) is 60.3 Å². The van der Waals surface area contributed by atoms with Crippen LogP contribution in [-0.4, -0.2) is 12.2 Å². The van der Waals surface area contributed by atoms with Crippen LogP contribution in [0.5, 0.6) is 11.5 Å². The minimum absolute atomic E-state index is 0.670. The van der Waals surface area contributed by atoms with Crippen molar-refractivity contribution in [3.8, 4) is 11.5 Å². The van der Waals surface area contributed by atoms with Crippen LogP contribution in [0.1, 0.15) is 6.92 Å². The summed E-state index contributed by atoms with van der Waals surface area (Å²) in [5.41, 5.74) is 1.83. The molecule has 4 heteroatoms. The Hall–Kier alpha value is -2.98. The van der Waals surface area contributed by atoms with E-state index >= 15 is 0 Å². The van der Waals surface area contributed by atoms with Gasteiger partial charge < -0.3 is 9.47 Å². The summed E-state index contributed by atoms with van der Waals surface area (Å²) in [6.07, 6.45) is 1.72. The number of thioether (sulfide) groups is 1. The zero-order valence-corrected chi connectivity index (χ0v) is 16.1.